The fourth-order valence-electron chi connectivity index (χ4n) is 1.55. The molecule has 72 valence electrons. The first kappa shape index (κ1) is 9.23. The monoisotopic (exact) mass is 186 g/mol. The predicted octanol–water partition coefficient (Wildman–Crippen LogP) is 2.37. The molecule has 2 nitrogen and oxygen atoms in total. The molecule has 1 N–H and O–H groups in total. The van der Waals surface area contributed by atoms with E-state index in [1.54, 1.807) is 0 Å². The number of rotatable bonds is 3. The first-order chi connectivity index (χ1) is 6.79. The zero-order valence-corrected chi connectivity index (χ0v) is 8.33. The third-order valence-corrected chi connectivity index (χ3v) is 2.60. The maximum Gasteiger partial charge on any atom is 0.0991 e. The second kappa shape index (κ2) is 3.81. The van der Waals surface area contributed by atoms with E-state index in [1.165, 1.54) is 18.4 Å². The van der Waals surface area contributed by atoms with Gasteiger partial charge in [-0.3, -0.25) is 0 Å². The Morgan fingerprint density at radius 3 is 2.50 bits per heavy atom. The van der Waals surface area contributed by atoms with E-state index >= 15 is 0 Å². The van der Waals surface area contributed by atoms with Crippen LogP contribution in [-0.4, -0.2) is 6.04 Å². The van der Waals surface area contributed by atoms with Crippen molar-refractivity contribution < 1.29 is 0 Å². The molecule has 0 bridgehead atoms. The average molecular weight is 186 g/mol. The number of hydrogen-bond donors (Lipinski definition) is 1. The molecule has 0 aliphatic heterocycles. The normalized spacial score (nSPS) is 17.4. The first-order valence-electron chi connectivity index (χ1n) is 5.05. The van der Waals surface area contributed by atoms with E-state index in [-0.39, 0.29) is 0 Å². The topological polar surface area (TPSA) is 35.8 Å². The molecule has 1 atom stereocenters. The second-order valence-electron chi connectivity index (χ2n) is 3.90. The summed E-state index contributed by atoms with van der Waals surface area (Å²) in [5.41, 5.74) is 1.99. The van der Waals surface area contributed by atoms with E-state index in [2.05, 4.69) is 18.3 Å². The van der Waals surface area contributed by atoms with Crippen molar-refractivity contribution >= 4 is 0 Å². The van der Waals surface area contributed by atoms with Gasteiger partial charge < -0.3 is 5.32 Å². The smallest absolute Gasteiger partial charge is 0.0991 e. The van der Waals surface area contributed by atoms with Crippen molar-refractivity contribution in [3.63, 3.8) is 0 Å². The Labute approximate surface area is 84.6 Å². The van der Waals surface area contributed by atoms with Gasteiger partial charge in [-0.25, -0.2) is 0 Å². The Morgan fingerprint density at radius 1 is 1.36 bits per heavy atom. The van der Waals surface area contributed by atoms with Crippen molar-refractivity contribution in [2.24, 2.45) is 0 Å². The second-order valence-corrected chi connectivity index (χ2v) is 3.90. The van der Waals surface area contributed by atoms with Crippen LogP contribution in [0.1, 0.15) is 36.9 Å². The molecular weight excluding hydrogens is 172 g/mol. The van der Waals surface area contributed by atoms with Crippen molar-refractivity contribution in [3.8, 4) is 6.07 Å². The van der Waals surface area contributed by atoms with Gasteiger partial charge in [0.05, 0.1) is 11.6 Å². The van der Waals surface area contributed by atoms with Crippen LogP contribution >= 0.6 is 0 Å². The van der Waals surface area contributed by atoms with Crippen molar-refractivity contribution in [3.05, 3.63) is 35.4 Å². The highest BCUT2D eigenvalue weighted by atomic mass is 15.0. The summed E-state index contributed by atoms with van der Waals surface area (Å²) in [6.07, 6.45) is 2.61. The highest BCUT2D eigenvalue weighted by Crippen LogP contribution is 2.23. The molecule has 0 radical (unpaired) electrons. The summed E-state index contributed by atoms with van der Waals surface area (Å²) in [5, 5.41) is 12.2. The number of nitrogens with one attached hydrogen (secondary N) is 1. The Balaban J connectivity index is 2.04. The molecule has 2 heteroatoms. The third-order valence-electron chi connectivity index (χ3n) is 2.60. The molecule has 1 aromatic rings. The predicted molar refractivity (Wildman–Crippen MR) is 55.7 cm³/mol. The number of nitrogens with zero attached hydrogens (tertiary/aromatic N) is 1. The molecule has 0 amide bonds. The molecule has 14 heavy (non-hydrogen) atoms. The van der Waals surface area contributed by atoms with Crippen LogP contribution in [0, 0.1) is 11.3 Å². The van der Waals surface area contributed by atoms with Gasteiger partial charge in [0.25, 0.3) is 0 Å². The molecule has 0 aromatic heterocycles. The molecule has 1 aliphatic carbocycles. The largest absolute Gasteiger partial charge is 0.307 e. The molecule has 1 aliphatic rings. The maximum absolute atomic E-state index is 8.66. The molecule has 1 saturated carbocycles. The lowest BCUT2D eigenvalue weighted by molar-refractivity contribution is 0.571. The lowest BCUT2D eigenvalue weighted by atomic mass is 10.1. The van der Waals surface area contributed by atoms with Crippen LogP contribution in [0.4, 0.5) is 0 Å². The lowest BCUT2D eigenvalue weighted by Crippen LogP contribution is -2.20. The van der Waals surface area contributed by atoms with Crippen LogP contribution in [0.5, 0.6) is 0 Å². The van der Waals surface area contributed by atoms with Gasteiger partial charge in [-0.1, -0.05) is 12.1 Å². The molecule has 0 unspecified atom stereocenters. The number of hydrogen-bond acceptors (Lipinski definition) is 2. The molecule has 0 saturated heterocycles. The fraction of sp³-hybridized carbons (Fsp3) is 0.417. The average Bonchev–Trinajstić information content (AvgIpc) is 3.02. The van der Waals surface area contributed by atoms with Crippen molar-refractivity contribution in [1.29, 1.82) is 5.26 Å². The summed E-state index contributed by atoms with van der Waals surface area (Å²) in [7, 11) is 0. The molecular formula is C12H14N2. The summed E-state index contributed by atoms with van der Waals surface area (Å²) in [4.78, 5) is 0. The van der Waals surface area contributed by atoms with Gasteiger partial charge in [0.2, 0.25) is 0 Å². The standard InChI is InChI=1S/C12H14N2/c1-9(14-12-6-7-12)11-4-2-10(8-13)3-5-11/h2-5,9,12,14H,6-7H2,1H3/t9-/m1/s1. The van der Waals surface area contributed by atoms with Crippen LogP contribution < -0.4 is 5.32 Å². The van der Waals surface area contributed by atoms with Crippen LogP contribution in [0.2, 0.25) is 0 Å². The van der Waals surface area contributed by atoms with Crippen molar-refractivity contribution in [2.45, 2.75) is 31.8 Å². The van der Waals surface area contributed by atoms with Gasteiger partial charge in [-0.15, -0.1) is 0 Å². The van der Waals surface area contributed by atoms with E-state index in [1.807, 2.05) is 24.3 Å². The van der Waals surface area contributed by atoms with E-state index < -0.39 is 0 Å². The number of nitriles is 1. The van der Waals surface area contributed by atoms with E-state index in [9.17, 15) is 0 Å². The molecule has 0 spiro atoms. The molecule has 2 rings (SSSR count). The van der Waals surface area contributed by atoms with E-state index in [4.69, 9.17) is 5.26 Å². The summed E-state index contributed by atoms with van der Waals surface area (Å²) in [6.45, 7) is 2.17. The van der Waals surface area contributed by atoms with Crippen molar-refractivity contribution in [1.82, 2.24) is 5.32 Å². The van der Waals surface area contributed by atoms with Gasteiger partial charge in [0, 0.05) is 12.1 Å². The van der Waals surface area contributed by atoms with Gasteiger partial charge in [0.15, 0.2) is 0 Å². The fourth-order valence-corrected chi connectivity index (χ4v) is 1.55. The SMILES string of the molecule is C[C@@H](NC1CC1)c1ccc(C#N)cc1. The summed E-state index contributed by atoms with van der Waals surface area (Å²) in [6, 6.07) is 11.1. The molecule has 1 fully saturated rings. The minimum absolute atomic E-state index is 0.398. The number of benzene rings is 1. The lowest BCUT2D eigenvalue weighted by Gasteiger charge is -2.13. The third kappa shape index (κ3) is 2.12. The minimum atomic E-state index is 0.398. The molecule has 1 aromatic carbocycles. The zero-order chi connectivity index (χ0) is 9.97. The van der Waals surface area contributed by atoms with Gasteiger partial charge in [0.1, 0.15) is 0 Å². The van der Waals surface area contributed by atoms with Gasteiger partial charge in [-0.2, -0.15) is 5.26 Å². The Morgan fingerprint density at radius 2 is 2.00 bits per heavy atom. The quantitative estimate of drug-likeness (QED) is 0.786. The Kier molecular flexibility index (Phi) is 2.51. The summed E-state index contributed by atoms with van der Waals surface area (Å²) in [5.74, 6) is 0. The van der Waals surface area contributed by atoms with E-state index in [0.29, 0.717) is 6.04 Å². The minimum Gasteiger partial charge on any atom is -0.307 e. The van der Waals surface area contributed by atoms with Crippen LogP contribution in [0.3, 0.4) is 0 Å². The summed E-state index contributed by atoms with van der Waals surface area (Å²) >= 11 is 0. The van der Waals surface area contributed by atoms with Crippen LogP contribution in [0.15, 0.2) is 24.3 Å². The van der Waals surface area contributed by atoms with Crippen LogP contribution in [0.25, 0.3) is 0 Å². The van der Waals surface area contributed by atoms with Crippen LogP contribution in [-0.2, 0) is 0 Å². The zero-order valence-electron chi connectivity index (χ0n) is 8.33. The van der Waals surface area contributed by atoms with Gasteiger partial charge in [-0.05, 0) is 37.5 Å². The van der Waals surface area contributed by atoms with Gasteiger partial charge >= 0.3 is 0 Å². The highest BCUT2D eigenvalue weighted by Gasteiger charge is 2.22. The molecule has 0 heterocycles. The van der Waals surface area contributed by atoms with Crippen molar-refractivity contribution in [2.75, 3.05) is 0 Å². The maximum atomic E-state index is 8.66. The Hall–Kier alpha value is -1.33. The first-order valence-corrected chi connectivity index (χ1v) is 5.05. The van der Waals surface area contributed by atoms with E-state index in [0.717, 1.165) is 11.6 Å². The summed E-state index contributed by atoms with van der Waals surface area (Å²) < 4.78 is 0. The highest BCUT2D eigenvalue weighted by molar-refractivity contribution is 5.32. The Bertz CT molecular complexity index is 344.